The Morgan fingerprint density at radius 3 is 2.33 bits per heavy atom. The first-order valence-corrected chi connectivity index (χ1v) is 14.3. The molecule has 1 aromatic carbocycles. The number of nitrogens with one attached hydrogen (secondary N) is 2. The first-order valence-electron chi connectivity index (χ1n) is 14.3. The topological polar surface area (TPSA) is 94.2 Å². The zero-order valence-electron chi connectivity index (χ0n) is 25.7. The molecule has 0 spiro atoms. The number of anilines is 1. The average Bonchev–Trinajstić information content (AvgIpc) is 2.90. The Kier molecular flexibility index (Phi) is 10.6. The Morgan fingerprint density at radius 1 is 1.02 bits per heavy atom. The monoisotopic (exact) mass is 546 g/mol. The van der Waals surface area contributed by atoms with Gasteiger partial charge in [-0.2, -0.15) is 0 Å². The molecule has 0 saturated carbocycles. The number of hydrogen-bond acceptors (Lipinski definition) is 6. The van der Waals surface area contributed by atoms with Gasteiger partial charge in [0.25, 0.3) is 11.5 Å². The molecule has 2 aromatic heterocycles. The van der Waals surface area contributed by atoms with E-state index in [1.54, 1.807) is 12.4 Å². The SMILES string of the molecule is CC[C@H](CC[C@@H](C)N(CC)c1cc(-c2cnc(C)cn2)cc(C(=O)NCc2c(C)cc(C)[nH]c2=O)c1C)N(C)C. The van der Waals surface area contributed by atoms with Crippen molar-refractivity contribution in [3.63, 3.8) is 0 Å². The molecule has 0 fully saturated rings. The highest BCUT2D eigenvalue weighted by molar-refractivity contribution is 5.98. The molecule has 2 atom stereocenters. The summed E-state index contributed by atoms with van der Waals surface area (Å²) in [4.78, 5) is 42.7. The third-order valence-corrected chi connectivity index (χ3v) is 7.92. The van der Waals surface area contributed by atoms with Crippen LogP contribution < -0.4 is 15.8 Å². The third-order valence-electron chi connectivity index (χ3n) is 7.92. The van der Waals surface area contributed by atoms with Gasteiger partial charge in [0, 0.05) is 59.4 Å². The van der Waals surface area contributed by atoms with Crippen LogP contribution in [0.15, 0.2) is 35.4 Å². The number of carbonyl (C=O) groups is 1. The average molecular weight is 547 g/mol. The molecule has 3 rings (SSSR count). The van der Waals surface area contributed by atoms with Gasteiger partial charge >= 0.3 is 0 Å². The first kappa shape index (κ1) is 31.0. The van der Waals surface area contributed by atoms with Crippen LogP contribution in [-0.2, 0) is 6.54 Å². The number of carbonyl (C=O) groups excluding carboxylic acids is 1. The van der Waals surface area contributed by atoms with Gasteiger partial charge < -0.3 is 20.1 Å². The van der Waals surface area contributed by atoms with Crippen molar-refractivity contribution in [3.8, 4) is 11.3 Å². The Morgan fingerprint density at radius 2 is 1.75 bits per heavy atom. The molecule has 0 unspecified atom stereocenters. The second-order valence-corrected chi connectivity index (χ2v) is 11.1. The van der Waals surface area contributed by atoms with Crippen molar-refractivity contribution in [3.05, 3.63) is 74.6 Å². The van der Waals surface area contributed by atoms with E-state index in [4.69, 9.17) is 0 Å². The quantitative estimate of drug-likeness (QED) is 0.319. The number of benzene rings is 1. The van der Waals surface area contributed by atoms with E-state index < -0.39 is 0 Å². The van der Waals surface area contributed by atoms with Gasteiger partial charge in [0.1, 0.15) is 0 Å². The van der Waals surface area contributed by atoms with Crippen LogP contribution in [0.2, 0.25) is 0 Å². The van der Waals surface area contributed by atoms with Crippen molar-refractivity contribution in [1.29, 1.82) is 0 Å². The van der Waals surface area contributed by atoms with Gasteiger partial charge in [-0.05, 0) is 104 Å². The van der Waals surface area contributed by atoms with Crippen LogP contribution >= 0.6 is 0 Å². The second kappa shape index (κ2) is 13.7. The summed E-state index contributed by atoms with van der Waals surface area (Å²) >= 11 is 0. The number of aromatic amines is 1. The van der Waals surface area contributed by atoms with Gasteiger partial charge in [-0.25, -0.2) is 0 Å². The van der Waals surface area contributed by atoms with Gasteiger partial charge in [0.05, 0.1) is 17.6 Å². The highest BCUT2D eigenvalue weighted by Gasteiger charge is 2.23. The van der Waals surface area contributed by atoms with Gasteiger partial charge in [0.15, 0.2) is 0 Å². The number of nitrogens with zero attached hydrogens (tertiary/aromatic N) is 4. The molecule has 0 aliphatic rings. The summed E-state index contributed by atoms with van der Waals surface area (Å²) in [5.74, 6) is -0.220. The highest BCUT2D eigenvalue weighted by atomic mass is 16.1. The van der Waals surface area contributed by atoms with Gasteiger partial charge in [-0.15, -0.1) is 0 Å². The van der Waals surface area contributed by atoms with E-state index in [2.05, 4.69) is 71.0 Å². The summed E-state index contributed by atoms with van der Waals surface area (Å²) in [6.07, 6.45) is 6.74. The molecule has 216 valence electrons. The lowest BCUT2D eigenvalue weighted by Gasteiger charge is -2.34. The van der Waals surface area contributed by atoms with Crippen molar-refractivity contribution >= 4 is 11.6 Å². The lowest BCUT2D eigenvalue weighted by molar-refractivity contribution is 0.0950. The Hall–Kier alpha value is -3.52. The lowest BCUT2D eigenvalue weighted by atomic mass is 9.97. The van der Waals surface area contributed by atoms with E-state index in [1.807, 2.05) is 39.8 Å². The Balaban J connectivity index is 2.00. The normalized spacial score (nSPS) is 12.8. The predicted molar refractivity (Wildman–Crippen MR) is 164 cm³/mol. The van der Waals surface area contributed by atoms with Gasteiger partial charge in [-0.3, -0.25) is 19.6 Å². The minimum atomic E-state index is -0.220. The minimum absolute atomic E-state index is 0.153. The van der Waals surface area contributed by atoms with Crippen LogP contribution in [0, 0.1) is 27.7 Å². The maximum Gasteiger partial charge on any atom is 0.253 e. The van der Waals surface area contributed by atoms with Crippen LogP contribution in [0.3, 0.4) is 0 Å². The van der Waals surface area contributed by atoms with Crippen molar-refractivity contribution < 1.29 is 4.79 Å². The minimum Gasteiger partial charge on any atom is -0.369 e. The third kappa shape index (κ3) is 7.36. The first-order chi connectivity index (χ1) is 19.0. The van der Waals surface area contributed by atoms with E-state index in [-0.39, 0.29) is 24.1 Å². The maximum atomic E-state index is 13.6. The molecule has 2 heterocycles. The number of H-pyrrole nitrogens is 1. The van der Waals surface area contributed by atoms with Crippen LogP contribution in [0.4, 0.5) is 5.69 Å². The maximum absolute atomic E-state index is 13.6. The number of pyridine rings is 1. The molecular weight excluding hydrogens is 500 g/mol. The summed E-state index contributed by atoms with van der Waals surface area (Å²) in [5.41, 5.74) is 6.93. The molecule has 3 aromatic rings. The van der Waals surface area contributed by atoms with E-state index in [9.17, 15) is 9.59 Å². The molecule has 8 heteroatoms. The van der Waals surface area contributed by atoms with Crippen LogP contribution in [-0.4, -0.2) is 58.5 Å². The molecular formula is C32H46N6O2. The summed E-state index contributed by atoms with van der Waals surface area (Å²) in [6.45, 7) is 15.3. The molecule has 0 saturated heterocycles. The number of aryl methyl sites for hydroxylation is 3. The fraction of sp³-hybridized carbons (Fsp3) is 0.500. The summed E-state index contributed by atoms with van der Waals surface area (Å²) in [7, 11) is 4.28. The predicted octanol–water partition coefficient (Wildman–Crippen LogP) is 5.33. The van der Waals surface area contributed by atoms with Crippen molar-refractivity contribution in [2.24, 2.45) is 0 Å². The van der Waals surface area contributed by atoms with Crippen molar-refractivity contribution in [2.45, 2.75) is 86.4 Å². The molecule has 8 nitrogen and oxygen atoms in total. The smallest absolute Gasteiger partial charge is 0.253 e. The number of rotatable bonds is 12. The Labute approximate surface area is 239 Å². The van der Waals surface area contributed by atoms with Gasteiger partial charge in [-0.1, -0.05) is 6.92 Å². The fourth-order valence-electron chi connectivity index (χ4n) is 5.42. The summed E-state index contributed by atoms with van der Waals surface area (Å²) < 4.78 is 0. The highest BCUT2D eigenvalue weighted by Crippen LogP contribution is 2.32. The zero-order valence-corrected chi connectivity index (χ0v) is 25.7. The molecule has 0 bridgehead atoms. The molecule has 40 heavy (non-hydrogen) atoms. The van der Waals surface area contributed by atoms with Crippen LogP contribution in [0.25, 0.3) is 11.3 Å². The molecule has 1 amide bonds. The number of amides is 1. The Bertz CT molecular complexity index is 1360. The molecule has 2 N–H and O–H groups in total. The van der Waals surface area contributed by atoms with Crippen molar-refractivity contribution in [2.75, 3.05) is 25.5 Å². The standard InChI is InChI=1S/C32H46N6O2/c1-10-26(37(8)9)13-12-23(6)38(11-2)30-16-25(29-19-33-22(5)17-34-29)15-27(24(30)7)31(39)35-18-28-20(3)14-21(4)36-32(28)40/h14-17,19,23,26H,10-13,18H2,1-9H3,(H,35,39)(H,36,40)/t23-,26-/m1/s1. The van der Waals surface area contributed by atoms with E-state index >= 15 is 0 Å². The summed E-state index contributed by atoms with van der Waals surface area (Å²) in [6, 6.07) is 6.75. The van der Waals surface area contributed by atoms with Crippen molar-refractivity contribution in [1.82, 2.24) is 25.2 Å². The molecule has 0 aliphatic heterocycles. The van der Waals surface area contributed by atoms with Crippen LogP contribution in [0.5, 0.6) is 0 Å². The van der Waals surface area contributed by atoms with Crippen LogP contribution in [0.1, 0.15) is 78.5 Å². The van der Waals surface area contributed by atoms with E-state index in [1.165, 1.54) is 0 Å². The largest absolute Gasteiger partial charge is 0.369 e. The molecule has 0 radical (unpaired) electrons. The second-order valence-electron chi connectivity index (χ2n) is 11.1. The summed E-state index contributed by atoms with van der Waals surface area (Å²) in [5, 5.41) is 3.00. The number of aromatic nitrogens is 3. The van der Waals surface area contributed by atoms with Gasteiger partial charge in [0.2, 0.25) is 0 Å². The lowest BCUT2D eigenvalue weighted by Crippen LogP contribution is -2.36. The molecule has 0 aliphatic carbocycles. The zero-order chi connectivity index (χ0) is 29.6. The number of hydrogen-bond donors (Lipinski definition) is 2. The van der Waals surface area contributed by atoms with E-state index in [0.717, 1.165) is 59.6 Å². The fourth-order valence-corrected chi connectivity index (χ4v) is 5.42. The van der Waals surface area contributed by atoms with E-state index in [0.29, 0.717) is 22.9 Å².